The van der Waals surface area contributed by atoms with E-state index in [1.165, 1.54) is 12.8 Å². The summed E-state index contributed by atoms with van der Waals surface area (Å²) in [6, 6.07) is 0.456. The number of amides is 1. The minimum Gasteiger partial charge on any atom is -0.339 e. The van der Waals surface area contributed by atoms with Gasteiger partial charge in [0.1, 0.15) is 0 Å². The monoisotopic (exact) mass is 200 g/mol. The van der Waals surface area contributed by atoms with Gasteiger partial charge in [-0.1, -0.05) is 13.8 Å². The minimum atomic E-state index is 0.269. The van der Waals surface area contributed by atoms with Gasteiger partial charge < -0.3 is 9.80 Å². The maximum atomic E-state index is 11.6. The molecule has 0 aromatic carbocycles. The molecule has 84 valence electrons. The molecule has 0 radical (unpaired) electrons. The van der Waals surface area contributed by atoms with E-state index in [0.29, 0.717) is 12.6 Å². The highest BCUT2D eigenvalue weighted by Crippen LogP contribution is 2.16. The van der Waals surface area contributed by atoms with Crippen LogP contribution in [-0.2, 0) is 4.79 Å². The molecule has 1 fully saturated rings. The Bertz CT molecular complexity index is 169. The van der Waals surface area contributed by atoms with Crippen molar-refractivity contribution in [2.45, 2.75) is 39.7 Å². The zero-order valence-electron chi connectivity index (χ0n) is 10.2. The molecular formula is C11H24N2O. The fourth-order valence-corrected chi connectivity index (χ4v) is 1.67. The lowest BCUT2D eigenvalue weighted by atomic mass is 10.2. The van der Waals surface area contributed by atoms with E-state index in [1.807, 2.05) is 37.7 Å². The summed E-state index contributed by atoms with van der Waals surface area (Å²) in [6.07, 6.45) is 2.33. The fourth-order valence-electron chi connectivity index (χ4n) is 1.67. The first-order valence-electron chi connectivity index (χ1n) is 5.55. The van der Waals surface area contributed by atoms with E-state index in [4.69, 9.17) is 0 Å². The maximum Gasteiger partial charge on any atom is 0.236 e. The number of likely N-dealkylation sites (N-methyl/N-ethyl adjacent to an activating group) is 1. The summed E-state index contributed by atoms with van der Waals surface area (Å²) in [5.74, 6) is 0.269. The molecule has 0 aromatic heterocycles. The number of hydrogen-bond acceptors (Lipinski definition) is 2. The van der Waals surface area contributed by atoms with Gasteiger partial charge in [-0.15, -0.1) is 0 Å². The van der Waals surface area contributed by atoms with Crippen LogP contribution >= 0.6 is 0 Å². The van der Waals surface area contributed by atoms with Crippen LogP contribution in [0.1, 0.15) is 33.6 Å². The Hall–Kier alpha value is -0.570. The van der Waals surface area contributed by atoms with Crippen LogP contribution in [0, 0.1) is 0 Å². The third kappa shape index (κ3) is 4.09. The summed E-state index contributed by atoms with van der Waals surface area (Å²) >= 11 is 0. The average Bonchev–Trinajstić information content (AvgIpc) is 2.54. The zero-order chi connectivity index (χ0) is 11.1. The van der Waals surface area contributed by atoms with Gasteiger partial charge in [-0.05, 0) is 33.9 Å². The van der Waals surface area contributed by atoms with Gasteiger partial charge in [0, 0.05) is 12.6 Å². The fraction of sp³-hybridized carbons (Fsp3) is 0.909. The Morgan fingerprint density at radius 2 is 2.00 bits per heavy atom. The lowest BCUT2D eigenvalue weighted by molar-refractivity contribution is -0.132. The van der Waals surface area contributed by atoms with Gasteiger partial charge in [0.05, 0.1) is 6.54 Å². The van der Waals surface area contributed by atoms with Gasteiger partial charge in [-0.2, -0.15) is 0 Å². The molecule has 1 atom stereocenters. The highest BCUT2D eigenvalue weighted by atomic mass is 16.2. The molecule has 1 saturated heterocycles. The van der Waals surface area contributed by atoms with Crippen molar-refractivity contribution in [1.29, 1.82) is 0 Å². The second-order valence-electron chi connectivity index (χ2n) is 3.82. The molecule has 1 amide bonds. The molecular weight excluding hydrogens is 176 g/mol. The first-order valence-corrected chi connectivity index (χ1v) is 5.55. The van der Waals surface area contributed by atoms with Gasteiger partial charge in [0.2, 0.25) is 5.91 Å². The van der Waals surface area contributed by atoms with Gasteiger partial charge in [0.25, 0.3) is 0 Å². The molecule has 1 heterocycles. The van der Waals surface area contributed by atoms with Crippen molar-refractivity contribution in [2.75, 3.05) is 27.2 Å². The van der Waals surface area contributed by atoms with E-state index in [-0.39, 0.29) is 5.91 Å². The molecule has 1 aliphatic rings. The Balaban J connectivity index is 0.000000791. The van der Waals surface area contributed by atoms with Crippen molar-refractivity contribution in [3.63, 3.8) is 0 Å². The van der Waals surface area contributed by atoms with Gasteiger partial charge >= 0.3 is 0 Å². The zero-order valence-corrected chi connectivity index (χ0v) is 10.2. The molecule has 0 N–H and O–H groups in total. The molecule has 1 aliphatic heterocycles. The van der Waals surface area contributed by atoms with Crippen molar-refractivity contribution < 1.29 is 4.79 Å². The number of hydrogen-bond donors (Lipinski definition) is 0. The summed E-state index contributed by atoms with van der Waals surface area (Å²) in [5, 5.41) is 0. The Kier molecular flexibility index (Phi) is 6.54. The van der Waals surface area contributed by atoms with E-state index >= 15 is 0 Å². The molecule has 3 nitrogen and oxygen atoms in total. The lowest BCUT2D eigenvalue weighted by Gasteiger charge is -2.23. The van der Waals surface area contributed by atoms with Crippen LogP contribution in [0.2, 0.25) is 0 Å². The normalized spacial score (nSPS) is 20.7. The molecule has 14 heavy (non-hydrogen) atoms. The second kappa shape index (κ2) is 6.82. The molecule has 0 spiro atoms. The second-order valence-corrected chi connectivity index (χ2v) is 3.82. The summed E-state index contributed by atoms with van der Waals surface area (Å²) in [7, 11) is 3.86. The topological polar surface area (TPSA) is 23.6 Å². The lowest BCUT2D eigenvalue weighted by Crippen LogP contribution is -2.39. The van der Waals surface area contributed by atoms with E-state index in [1.54, 1.807) is 0 Å². The predicted molar refractivity (Wildman–Crippen MR) is 60.3 cm³/mol. The van der Waals surface area contributed by atoms with Crippen LogP contribution in [0.5, 0.6) is 0 Å². The van der Waals surface area contributed by atoms with Crippen molar-refractivity contribution in [1.82, 2.24) is 9.80 Å². The smallest absolute Gasteiger partial charge is 0.236 e. The van der Waals surface area contributed by atoms with Crippen molar-refractivity contribution in [2.24, 2.45) is 0 Å². The third-order valence-electron chi connectivity index (χ3n) is 2.32. The molecule has 0 aliphatic carbocycles. The first kappa shape index (κ1) is 13.4. The number of carbonyl (C=O) groups is 1. The van der Waals surface area contributed by atoms with Gasteiger partial charge in [0.15, 0.2) is 0 Å². The van der Waals surface area contributed by atoms with E-state index in [2.05, 4.69) is 6.92 Å². The number of likely N-dealkylation sites (tertiary alicyclic amines) is 1. The van der Waals surface area contributed by atoms with Gasteiger partial charge in [-0.3, -0.25) is 4.79 Å². The van der Waals surface area contributed by atoms with E-state index in [0.717, 1.165) is 6.54 Å². The molecule has 0 aromatic rings. The third-order valence-corrected chi connectivity index (χ3v) is 2.32. The van der Waals surface area contributed by atoms with Crippen LogP contribution < -0.4 is 0 Å². The molecule has 0 saturated carbocycles. The van der Waals surface area contributed by atoms with Crippen LogP contribution in [-0.4, -0.2) is 48.9 Å². The summed E-state index contributed by atoms with van der Waals surface area (Å²) in [6.45, 7) is 7.62. The molecule has 0 bridgehead atoms. The van der Waals surface area contributed by atoms with Crippen LogP contribution in [0.25, 0.3) is 0 Å². The quantitative estimate of drug-likeness (QED) is 0.676. The van der Waals surface area contributed by atoms with Crippen molar-refractivity contribution in [3.8, 4) is 0 Å². The van der Waals surface area contributed by atoms with Crippen LogP contribution in [0.3, 0.4) is 0 Å². The Morgan fingerprint density at radius 3 is 2.36 bits per heavy atom. The Labute approximate surface area is 88.1 Å². The van der Waals surface area contributed by atoms with Crippen LogP contribution in [0.4, 0.5) is 0 Å². The summed E-state index contributed by atoms with van der Waals surface area (Å²) in [5.41, 5.74) is 0. The van der Waals surface area contributed by atoms with Crippen molar-refractivity contribution >= 4 is 5.91 Å². The van der Waals surface area contributed by atoms with Crippen molar-refractivity contribution in [3.05, 3.63) is 0 Å². The summed E-state index contributed by atoms with van der Waals surface area (Å²) < 4.78 is 0. The standard InChI is InChI=1S/C9H18N2O.C2H6/c1-8-5-4-6-11(8)9(12)7-10(2)3;1-2/h8H,4-7H2,1-3H3;1-2H3. The maximum absolute atomic E-state index is 11.6. The highest BCUT2D eigenvalue weighted by Gasteiger charge is 2.24. The number of nitrogens with zero attached hydrogens (tertiary/aromatic N) is 2. The molecule has 1 unspecified atom stereocenters. The average molecular weight is 200 g/mol. The molecule has 1 rings (SSSR count). The van der Waals surface area contributed by atoms with E-state index < -0.39 is 0 Å². The Morgan fingerprint density at radius 1 is 1.43 bits per heavy atom. The van der Waals surface area contributed by atoms with Gasteiger partial charge in [-0.25, -0.2) is 0 Å². The number of rotatable bonds is 2. The van der Waals surface area contributed by atoms with E-state index in [9.17, 15) is 4.79 Å². The summed E-state index contributed by atoms with van der Waals surface area (Å²) in [4.78, 5) is 15.5. The number of carbonyl (C=O) groups excluding carboxylic acids is 1. The molecule has 3 heteroatoms. The first-order chi connectivity index (χ1) is 6.61. The van der Waals surface area contributed by atoms with Crippen LogP contribution in [0.15, 0.2) is 0 Å². The largest absolute Gasteiger partial charge is 0.339 e. The SMILES string of the molecule is CC.CC1CCCN1C(=O)CN(C)C. The predicted octanol–water partition coefficient (Wildman–Crippen LogP) is 1.59. The highest BCUT2D eigenvalue weighted by molar-refractivity contribution is 5.78. The minimum absolute atomic E-state index is 0.269.